The highest BCUT2D eigenvalue weighted by Crippen LogP contribution is 2.35. The number of phenolic OH excluding ortho intramolecular Hbond substituents is 1. The van der Waals surface area contributed by atoms with Crippen LogP contribution in [0.15, 0.2) is 49.1 Å². The number of hydrogen-bond donors (Lipinski definition) is 1. The number of ether oxygens (including phenoxy) is 1. The lowest BCUT2D eigenvalue weighted by atomic mass is 9.93. The molecular weight excluding hydrogens is 466 g/mol. The molecule has 4 rings (SSSR count). The quantitative estimate of drug-likeness (QED) is 0.512. The van der Waals surface area contributed by atoms with Gasteiger partial charge in [-0.1, -0.05) is 24.3 Å². The normalized spacial score (nSPS) is 16.0. The number of rotatable bonds is 9. The molecule has 2 aromatic rings. The van der Waals surface area contributed by atoms with Crippen molar-refractivity contribution in [1.82, 2.24) is 14.7 Å². The van der Waals surface area contributed by atoms with Crippen molar-refractivity contribution in [2.24, 2.45) is 0 Å². The van der Waals surface area contributed by atoms with E-state index in [9.17, 15) is 14.7 Å². The van der Waals surface area contributed by atoms with Gasteiger partial charge in [0.15, 0.2) is 11.5 Å². The minimum absolute atomic E-state index is 0.0610. The van der Waals surface area contributed by atoms with Crippen LogP contribution in [-0.2, 0) is 24.3 Å². The number of phenols is 1. The molecule has 1 saturated heterocycles. The Hall–Kier alpha value is -3.32. The molecule has 0 atom stereocenters. The van der Waals surface area contributed by atoms with Gasteiger partial charge in [0.1, 0.15) is 0 Å². The maximum absolute atomic E-state index is 13.5. The molecule has 7 nitrogen and oxygen atoms in total. The van der Waals surface area contributed by atoms with Crippen LogP contribution >= 0.6 is 0 Å². The van der Waals surface area contributed by atoms with Gasteiger partial charge >= 0.3 is 0 Å². The van der Waals surface area contributed by atoms with Crippen molar-refractivity contribution in [2.75, 3.05) is 33.3 Å². The Morgan fingerprint density at radius 2 is 1.81 bits per heavy atom. The van der Waals surface area contributed by atoms with E-state index in [1.807, 2.05) is 34.1 Å². The number of amides is 2. The lowest BCUT2D eigenvalue weighted by Gasteiger charge is -2.36. The first kappa shape index (κ1) is 26.7. The van der Waals surface area contributed by atoms with Crippen LogP contribution in [0.2, 0.25) is 0 Å². The molecule has 2 aliphatic heterocycles. The molecule has 0 aromatic heterocycles. The van der Waals surface area contributed by atoms with Gasteiger partial charge in [0, 0.05) is 56.8 Å². The lowest BCUT2D eigenvalue weighted by molar-refractivity contribution is -0.132. The van der Waals surface area contributed by atoms with Crippen LogP contribution in [0.5, 0.6) is 11.5 Å². The fourth-order valence-electron chi connectivity index (χ4n) is 5.25. The highest BCUT2D eigenvalue weighted by Gasteiger charge is 2.35. The van der Waals surface area contributed by atoms with Gasteiger partial charge in [-0.2, -0.15) is 0 Å². The highest BCUT2D eigenvalue weighted by atomic mass is 16.5. The predicted octanol–water partition coefficient (Wildman–Crippen LogP) is 4.38. The van der Waals surface area contributed by atoms with Crippen molar-refractivity contribution in [3.05, 3.63) is 71.3 Å². The molecule has 0 radical (unpaired) electrons. The first-order valence-electron chi connectivity index (χ1n) is 13.1. The van der Waals surface area contributed by atoms with E-state index in [1.54, 1.807) is 19.3 Å². The van der Waals surface area contributed by atoms with Gasteiger partial charge in [-0.3, -0.25) is 14.5 Å². The second kappa shape index (κ2) is 11.4. The minimum Gasteiger partial charge on any atom is -0.504 e. The largest absolute Gasteiger partial charge is 0.504 e. The topological polar surface area (TPSA) is 73.3 Å². The molecule has 198 valence electrons. The summed E-state index contributed by atoms with van der Waals surface area (Å²) in [6.07, 6.45) is 4.72. The molecule has 2 aliphatic rings. The number of piperazine rings is 1. The number of hydrogen-bond acceptors (Lipinski definition) is 5. The number of benzene rings is 2. The number of aromatic hydroxyl groups is 1. The number of nitrogens with zero attached hydrogens (tertiary/aromatic N) is 3. The van der Waals surface area contributed by atoms with Crippen LogP contribution in [0.3, 0.4) is 0 Å². The van der Waals surface area contributed by atoms with Crippen LogP contribution < -0.4 is 4.74 Å². The molecule has 2 heterocycles. The Balaban J connectivity index is 1.39. The van der Waals surface area contributed by atoms with E-state index in [2.05, 4.69) is 31.4 Å². The third kappa shape index (κ3) is 5.99. The van der Waals surface area contributed by atoms with Gasteiger partial charge in [0.25, 0.3) is 5.91 Å². The predicted molar refractivity (Wildman–Crippen MR) is 145 cm³/mol. The van der Waals surface area contributed by atoms with E-state index >= 15 is 0 Å². The van der Waals surface area contributed by atoms with Crippen molar-refractivity contribution < 1.29 is 19.4 Å². The van der Waals surface area contributed by atoms with E-state index in [1.165, 1.54) is 5.56 Å². The average Bonchev–Trinajstić information content (AvgIpc) is 3.37. The molecule has 0 unspecified atom stereocenters. The van der Waals surface area contributed by atoms with Crippen molar-refractivity contribution >= 4 is 11.8 Å². The molecule has 0 spiro atoms. The summed E-state index contributed by atoms with van der Waals surface area (Å²) in [5, 5.41) is 9.88. The Kier molecular flexibility index (Phi) is 8.22. The maximum atomic E-state index is 13.5. The van der Waals surface area contributed by atoms with Crippen molar-refractivity contribution in [2.45, 2.75) is 58.2 Å². The van der Waals surface area contributed by atoms with Crippen LogP contribution in [0.25, 0.3) is 0 Å². The summed E-state index contributed by atoms with van der Waals surface area (Å²) in [6, 6.07) is 11.6. The van der Waals surface area contributed by atoms with E-state index in [4.69, 9.17) is 4.74 Å². The highest BCUT2D eigenvalue weighted by molar-refractivity contribution is 5.96. The Morgan fingerprint density at radius 3 is 2.51 bits per heavy atom. The summed E-state index contributed by atoms with van der Waals surface area (Å²) in [5.41, 5.74) is 4.16. The van der Waals surface area contributed by atoms with Crippen LogP contribution in [0.4, 0.5) is 0 Å². The summed E-state index contributed by atoms with van der Waals surface area (Å²) in [7, 11) is 1.56. The fourth-order valence-corrected chi connectivity index (χ4v) is 5.25. The third-order valence-corrected chi connectivity index (χ3v) is 7.82. The van der Waals surface area contributed by atoms with E-state index in [0.29, 0.717) is 44.8 Å². The Labute approximate surface area is 220 Å². The van der Waals surface area contributed by atoms with E-state index in [0.717, 1.165) is 42.6 Å². The number of carbonyl (C=O) groups is 2. The van der Waals surface area contributed by atoms with Crippen molar-refractivity contribution in [1.29, 1.82) is 0 Å². The number of allylic oxidation sites excluding steroid dienone is 1. The van der Waals surface area contributed by atoms with Gasteiger partial charge in [0.05, 0.1) is 7.11 Å². The molecule has 2 aromatic carbocycles. The van der Waals surface area contributed by atoms with Gasteiger partial charge < -0.3 is 19.6 Å². The molecule has 0 bridgehead atoms. The fraction of sp³-hybridized carbons (Fsp3) is 0.467. The summed E-state index contributed by atoms with van der Waals surface area (Å²) < 4.78 is 5.26. The summed E-state index contributed by atoms with van der Waals surface area (Å²) >= 11 is 0. The van der Waals surface area contributed by atoms with Gasteiger partial charge in [-0.05, 0) is 68.0 Å². The van der Waals surface area contributed by atoms with E-state index in [-0.39, 0.29) is 23.1 Å². The zero-order valence-electron chi connectivity index (χ0n) is 22.3. The number of methoxy groups -OCH3 is 1. The Morgan fingerprint density at radius 1 is 1.08 bits per heavy atom. The second-order valence-corrected chi connectivity index (χ2v) is 10.6. The zero-order chi connectivity index (χ0) is 26.6. The number of fused-ring (bicyclic) bond motifs is 1. The summed E-state index contributed by atoms with van der Waals surface area (Å²) in [5.74, 6) is 0.842. The number of aryl methyl sites for hydroxylation is 1. The van der Waals surface area contributed by atoms with Gasteiger partial charge in [0.2, 0.25) is 5.91 Å². The Bertz CT molecular complexity index is 1150. The first-order valence-corrected chi connectivity index (χ1v) is 13.1. The molecule has 1 fully saturated rings. The third-order valence-electron chi connectivity index (χ3n) is 7.82. The lowest BCUT2D eigenvalue weighted by Crippen LogP contribution is -2.50. The molecule has 0 saturated carbocycles. The molecule has 37 heavy (non-hydrogen) atoms. The molecule has 0 aliphatic carbocycles. The van der Waals surface area contributed by atoms with Crippen LogP contribution in [0.1, 0.15) is 60.2 Å². The van der Waals surface area contributed by atoms with Crippen molar-refractivity contribution in [3.8, 4) is 11.5 Å². The van der Waals surface area contributed by atoms with Gasteiger partial charge in [-0.15, -0.1) is 6.58 Å². The van der Waals surface area contributed by atoms with E-state index < -0.39 is 0 Å². The molecular formula is C30H39N3O4. The monoisotopic (exact) mass is 505 g/mol. The second-order valence-electron chi connectivity index (χ2n) is 10.6. The molecule has 2 amide bonds. The molecule has 7 heteroatoms. The smallest absolute Gasteiger partial charge is 0.254 e. The summed E-state index contributed by atoms with van der Waals surface area (Å²) in [6.45, 7) is 12.0. The van der Waals surface area contributed by atoms with Crippen LogP contribution in [-0.4, -0.2) is 70.4 Å². The van der Waals surface area contributed by atoms with Crippen molar-refractivity contribution in [3.63, 3.8) is 0 Å². The zero-order valence-corrected chi connectivity index (χ0v) is 22.3. The van der Waals surface area contributed by atoms with Gasteiger partial charge in [-0.25, -0.2) is 0 Å². The number of carbonyl (C=O) groups excluding carboxylic acids is 2. The van der Waals surface area contributed by atoms with Crippen LogP contribution in [0, 0.1) is 0 Å². The first-order chi connectivity index (χ1) is 17.7. The molecule has 1 N–H and O–H groups in total. The maximum Gasteiger partial charge on any atom is 0.254 e. The SMILES string of the molecule is C=CCCC(=O)N1CCN(C(=O)c2cccc3c2CN(C(C)(C)CCc2ccc(O)c(OC)c2)C3)CC1. The average molecular weight is 506 g/mol. The minimum atomic E-state index is -0.0815. The standard InChI is InChI=1S/C30H39N3O4/c1-5-6-10-28(35)31-15-17-32(18-16-31)29(36)24-9-7-8-23-20-33(21-25(23)24)30(2,3)14-13-22-11-12-26(34)27(19-22)37-4/h5,7-9,11-12,19,34H,1,6,10,13-18,20-21H2,2-4H3. The summed E-state index contributed by atoms with van der Waals surface area (Å²) in [4.78, 5) is 32.0.